The molecular formula is C48H38N2O4P2. The Balaban J connectivity index is 1.09. The van der Waals surface area contributed by atoms with E-state index in [1.165, 1.54) is 0 Å². The molecule has 0 saturated carbocycles. The molecule has 2 atom stereocenters. The zero-order valence-corrected chi connectivity index (χ0v) is 32.7. The molecule has 0 saturated heterocycles. The number of benzene rings is 7. The topological polar surface area (TPSA) is 59.1 Å². The first-order valence-electron chi connectivity index (χ1n) is 18.5. The summed E-state index contributed by atoms with van der Waals surface area (Å²) in [5, 5.41) is 1.30. The first-order chi connectivity index (χ1) is 27.4. The van der Waals surface area contributed by atoms with Crippen molar-refractivity contribution < 1.29 is 18.2 Å². The second-order valence-corrected chi connectivity index (χ2v) is 17.8. The molecule has 274 valence electrons. The highest BCUT2D eigenvalue weighted by atomic mass is 31.2. The van der Waals surface area contributed by atoms with Gasteiger partial charge < -0.3 is 9.05 Å². The van der Waals surface area contributed by atoms with E-state index in [4.69, 9.17) is 9.05 Å². The molecule has 6 nitrogen and oxygen atoms in total. The molecule has 0 aliphatic carbocycles. The van der Waals surface area contributed by atoms with Gasteiger partial charge in [0.25, 0.3) is 0 Å². The van der Waals surface area contributed by atoms with E-state index in [1.54, 1.807) is 0 Å². The molecule has 7 aromatic carbocycles. The van der Waals surface area contributed by atoms with Gasteiger partial charge in [-0.1, -0.05) is 127 Å². The lowest BCUT2D eigenvalue weighted by molar-refractivity contribution is 0.489. The van der Waals surface area contributed by atoms with Gasteiger partial charge in [-0.25, -0.2) is 9.13 Å². The van der Waals surface area contributed by atoms with Crippen molar-refractivity contribution in [1.82, 2.24) is 0 Å². The minimum atomic E-state index is -3.70. The molecule has 0 radical (unpaired) electrons. The standard InChI is InChI=1S/C48H38N2O4P2/c1-3-4-16-35(2)49(55(51)47-25-14-10-21-43(47)41-19-8-12-23-45(41)53-55)39-31-27-36(28-32-39)37-29-33-40(34-30-37)50(38-17-6-5-7-18-38)56(52)48-26-15-11-22-44(48)42-20-9-13-24-46(42)54-56/h3-34H,1-2H3/b4-3-,35-16+. The molecular weight excluding hydrogens is 730 g/mol. The fourth-order valence-electron chi connectivity index (χ4n) is 7.58. The van der Waals surface area contributed by atoms with Crippen LogP contribution >= 0.6 is 15.0 Å². The van der Waals surface area contributed by atoms with Crippen LogP contribution in [0.25, 0.3) is 33.4 Å². The summed E-state index contributed by atoms with van der Waals surface area (Å²) in [5.74, 6) is 1.18. The summed E-state index contributed by atoms with van der Waals surface area (Å²) in [7, 11) is -7.37. The van der Waals surface area contributed by atoms with Crippen LogP contribution in [0.5, 0.6) is 11.5 Å². The highest BCUT2D eigenvalue weighted by Gasteiger charge is 2.44. The molecule has 9 rings (SSSR count). The largest absolute Gasteiger partial charge is 0.425 e. The average molecular weight is 769 g/mol. The van der Waals surface area contributed by atoms with Crippen molar-refractivity contribution in [2.24, 2.45) is 0 Å². The van der Waals surface area contributed by atoms with Gasteiger partial charge in [0, 0.05) is 28.0 Å². The van der Waals surface area contributed by atoms with Gasteiger partial charge in [0.1, 0.15) is 11.5 Å². The predicted molar refractivity (Wildman–Crippen MR) is 231 cm³/mol. The Kier molecular flexibility index (Phi) is 9.10. The highest BCUT2D eigenvalue weighted by Crippen LogP contribution is 2.62. The fraction of sp³-hybridized carbons (Fsp3) is 0.0417. The maximum Gasteiger partial charge on any atom is 0.379 e. The van der Waals surface area contributed by atoms with Crippen LogP contribution in [0.1, 0.15) is 13.8 Å². The van der Waals surface area contributed by atoms with Crippen molar-refractivity contribution in [3.8, 4) is 44.9 Å². The van der Waals surface area contributed by atoms with Gasteiger partial charge in [-0.15, -0.1) is 0 Å². The monoisotopic (exact) mass is 768 g/mol. The van der Waals surface area contributed by atoms with E-state index >= 15 is 9.13 Å². The molecule has 0 fully saturated rings. The summed E-state index contributed by atoms with van der Waals surface area (Å²) in [4.78, 5) is 0. The van der Waals surface area contributed by atoms with Crippen LogP contribution in [0.3, 0.4) is 0 Å². The number of anilines is 3. The number of hydrogen-bond donors (Lipinski definition) is 0. The lowest BCUT2D eigenvalue weighted by Gasteiger charge is -2.37. The molecule has 2 aliphatic heterocycles. The Bertz CT molecular complexity index is 2740. The first-order valence-corrected chi connectivity index (χ1v) is 21.7. The van der Waals surface area contributed by atoms with Crippen molar-refractivity contribution in [2.75, 3.05) is 9.34 Å². The fourth-order valence-corrected chi connectivity index (χ4v) is 12.6. The third-order valence-electron chi connectivity index (χ3n) is 10.2. The van der Waals surface area contributed by atoms with Crippen molar-refractivity contribution in [1.29, 1.82) is 0 Å². The number of hydrogen-bond acceptors (Lipinski definition) is 4. The molecule has 2 heterocycles. The Morgan fingerprint density at radius 3 is 1.46 bits per heavy atom. The third-order valence-corrected chi connectivity index (χ3v) is 15.1. The van der Waals surface area contributed by atoms with E-state index in [-0.39, 0.29) is 0 Å². The Morgan fingerprint density at radius 1 is 0.482 bits per heavy atom. The zero-order valence-electron chi connectivity index (χ0n) is 30.9. The van der Waals surface area contributed by atoms with Gasteiger partial charge in [0.2, 0.25) is 0 Å². The normalized spacial score (nSPS) is 18.1. The van der Waals surface area contributed by atoms with E-state index in [0.29, 0.717) is 22.1 Å². The van der Waals surface area contributed by atoms with Crippen LogP contribution < -0.4 is 29.0 Å². The zero-order chi connectivity index (χ0) is 38.3. The number of fused-ring (bicyclic) bond motifs is 6. The summed E-state index contributed by atoms with van der Waals surface area (Å²) < 4.78 is 47.6. The maximum absolute atomic E-state index is 15.5. The molecule has 2 aliphatic rings. The van der Waals surface area contributed by atoms with E-state index in [9.17, 15) is 0 Å². The van der Waals surface area contributed by atoms with Crippen molar-refractivity contribution in [2.45, 2.75) is 13.8 Å². The molecule has 7 aromatic rings. The quantitative estimate of drug-likeness (QED) is 0.113. The summed E-state index contributed by atoms with van der Waals surface area (Å²) in [5.41, 5.74) is 8.58. The molecule has 0 aromatic heterocycles. The van der Waals surface area contributed by atoms with E-state index in [1.807, 2.05) is 217 Å². The summed E-state index contributed by atoms with van der Waals surface area (Å²) in [6.45, 7) is 3.91. The third kappa shape index (κ3) is 5.99. The van der Waals surface area contributed by atoms with Gasteiger partial charge >= 0.3 is 15.0 Å². The maximum atomic E-state index is 15.5. The Morgan fingerprint density at radius 2 is 0.911 bits per heavy atom. The van der Waals surface area contributed by atoms with Gasteiger partial charge in [0.15, 0.2) is 0 Å². The lowest BCUT2D eigenvalue weighted by Crippen LogP contribution is -2.31. The average Bonchev–Trinajstić information content (AvgIpc) is 3.24. The first kappa shape index (κ1) is 35.4. The minimum absolute atomic E-state index is 0.589. The predicted octanol–water partition coefficient (Wildman–Crippen LogP) is 12.9. The van der Waals surface area contributed by atoms with Gasteiger partial charge in [-0.3, -0.25) is 9.34 Å². The lowest BCUT2D eigenvalue weighted by atomic mass is 10.0. The van der Waals surface area contributed by atoms with E-state index < -0.39 is 15.0 Å². The van der Waals surface area contributed by atoms with Crippen molar-refractivity contribution in [3.05, 3.63) is 200 Å². The van der Waals surface area contributed by atoms with Crippen LogP contribution in [0, 0.1) is 0 Å². The van der Waals surface area contributed by atoms with Gasteiger partial charge in [0.05, 0.1) is 27.7 Å². The molecule has 0 amide bonds. The van der Waals surface area contributed by atoms with E-state index in [2.05, 4.69) is 0 Å². The molecule has 56 heavy (non-hydrogen) atoms. The van der Waals surface area contributed by atoms with Crippen molar-refractivity contribution >= 4 is 42.7 Å². The number of rotatable bonds is 8. The van der Waals surface area contributed by atoms with Crippen LogP contribution in [-0.2, 0) is 9.13 Å². The molecule has 0 N–H and O–H groups in total. The van der Waals surface area contributed by atoms with Gasteiger partial charge in [-0.05, 0) is 91.7 Å². The Hall–Kier alpha value is -6.32. The van der Waals surface area contributed by atoms with Crippen LogP contribution in [0.15, 0.2) is 200 Å². The number of para-hydroxylation sites is 3. The number of allylic oxidation sites excluding steroid dienone is 4. The molecule has 8 heteroatoms. The highest BCUT2D eigenvalue weighted by molar-refractivity contribution is 7.70. The van der Waals surface area contributed by atoms with Crippen LogP contribution in [-0.4, -0.2) is 0 Å². The summed E-state index contributed by atoms with van der Waals surface area (Å²) in [6.07, 6.45) is 5.84. The summed E-state index contributed by atoms with van der Waals surface area (Å²) >= 11 is 0. The van der Waals surface area contributed by atoms with Crippen molar-refractivity contribution in [3.63, 3.8) is 0 Å². The van der Waals surface area contributed by atoms with E-state index in [0.717, 1.165) is 56.1 Å². The molecule has 0 bridgehead atoms. The second kappa shape index (κ2) is 14.4. The minimum Gasteiger partial charge on any atom is -0.425 e. The van der Waals surface area contributed by atoms with Crippen LogP contribution in [0.4, 0.5) is 17.1 Å². The van der Waals surface area contributed by atoms with Gasteiger partial charge in [-0.2, -0.15) is 0 Å². The smallest absolute Gasteiger partial charge is 0.379 e. The molecule has 0 spiro atoms. The summed E-state index contributed by atoms with van der Waals surface area (Å²) in [6, 6.07) is 56.9. The second-order valence-electron chi connectivity index (χ2n) is 13.6. The number of nitrogens with zero attached hydrogens (tertiary/aromatic N) is 2. The van der Waals surface area contributed by atoms with Crippen LogP contribution in [0.2, 0.25) is 0 Å². The SMILES string of the molecule is C/C=C\C=C(/C)N(c1ccc(-c2ccc(N(c3ccccc3)P3(=O)Oc4ccccc4-c4ccccc43)cc2)cc1)P1(=O)Oc2ccccc2-c2ccccc21. The molecule has 2 unspecified atom stereocenters. The Labute approximate surface area is 327 Å².